The summed E-state index contributed by atoms with van der Waals surface area (Å²) in [6, 6.07) is 6.40. The van der Waals surface area contributed by atoms with Gasteiger partial charge in [-0.15, -0.1) is 0 Å². The van der Waals surface area contributed by atoms with E-state index in [1.54, 1.807) is 11.6 Å². The average Bonchev–Trinajstić information content (AvgIpc) is 3.12. The van der Waals surface area contributed by atoms with Crippen LogP contribution in [0.3, 0.4) is 0 Å². The molecule has 5 atom stereocenters. The third-order valence-corrected chi connectivity index (χ3v) is 6.27. The molecular weight excluding hydrogens is 532 g/mol. The summed E-state index contributed by atoms with van der Waals surface area (Å²) in [5.74, 6) is -1.40. The van der Waals surface area contributed by atoms with Gasteiger partial charge in [0.1, 0.15) is 31.1 Å². The van der Waals surface area contributed by atoms with Crippen LogP contribution in [0.25, 0.3) is 0 Å². The number of esters is 3. The fourth-order valence-corrected chi connectivity index (χ4v) is 4.34. The summed E-state index contributed by atoms with van der Waals surface area (Å²) in [4.78, 5) is 47.8. The fraction of sp³-hybridized carbons (Fsp3) is 0.520. The van der Waals surface area contributed by atoms with Gasteiger partial charge in [0.15, 0.2) is 29.0 Å². The van der Waals surface area contributed by atoms with E-state index in [1.807, 2.05) is 31.2 Å². The lowest BCUT2D eigenvalue weighted by Gasteiger charge is -2.45. The maximum absolute atomic E-state index is 12.2. The van der Waals surface area contributed by atoms with Crippen LogP contribution in [0.15, 0.2) is 24.3 Å². The Kier molecular flexibility index (Phi) is 9.81. The van der Waals surface area contributed by atoms with E-state index >= 15 is 0 Å². The summed E-state index contributed by atoms with van der Waals surface area (Å²) >= 11 is 5.62. The van der Waals surface area contributed by atoms with Crippen molar-refractivity contribution in [3.05, 3.63) is 40.4 Å². The van der Waals surface area contributed by atoms with Gasteiger partial charge in [-0.05, 0) is 31.3 Å². The van der Waals surface area contributed by atoms with Gasteiger partial charge in [0.2, 0.25) is 5.91 Å². The summed E-state index contributed by atoms with van der Waals surface area (Å²) in [7, 11) is 1.69. The standard InChI is InChI=1S/C25H32N4O9S/c1-13-7-9-18(10-8-13)35-12-20-27-29(25(39)28(20)6)24-21(26-14(2)30)23(37-17(5)33)22(36-16(4)32)19(38-24)11-34-15(3)31/h7-10,19,21-24H,11-12H2,1-6H3,(H,26,30)/t19-,21-,22-,23-,24-/m1/s1. The van der Waals surface area contributed by atoms with Crippen molar-refractivity contribution < 1.29 is 42.9 Å². The normalized spacial score (nSPS) is 22.5. The third kappa shape index (κ3) is 7.63. The molecule has 1 fully saturated rings. The molecule has 0 spiro atoms. The quantitative estimate of drug-likeness (QED) is 0.269. The Morgan fingerprint density at radius 1 is 1.00 bits per heavy atom. The molecule has 13 nitrogen and oxygen atoms in total. The molecule has 0 bridgehead atoms. The van der Waals surface area contributed by atoms with Crippen LogP contribution in [0.5, 0.6) is 5.75 Å². The number of nitrogens with zero attached hydrogens (tertiary/aromatic N) is 3. The number of ether oxygens (including phenoxy) is 5. The van der Waals surface area contributed by atoms with Crippen LogP contribution in [0, 0.1) is 11.7 Å². The zero-order valence-corrected chi connectivity index (χ0v) is 23.4. The van der Waals surface area contributed by atoms with Gasteiger partial charge in [0.25, 0.3) is 0 Å². The van der Waals surface area contributed by atoms with E-state index in [0.29, 0.717) is 11.6 Å². The summed E-state index contributed by atoms with van der Waals surface area (Å²) in [5.41, 5.74) is 1.08. The average molecular weight is 565 g/mol. The molecule has 1 amide bonds. The lowest BCUT2D eigenvalue weighted by Crippen LogP contribution is -2.64. The second kappa shape index (κ2) is 12.8. The minimum absolute atomic E-state index is 0.0635. The molecule has 2 heterocycles. The second-order valence-corrected chi connectivity index (χ2v) is 9.41. The topological polar surface area (TPSA) is 149 Å². The van der Waals surface area contributed by atoms with Crippen LogP contribution in [0.4, 0.5) is 0 Å². The summed E-state index contributed by atoms with van der Waals surface area (Å²) in [6.07, 6.45) is -4.68. The van der Waals surface area contributed by atoms with Crippen LogP contribution >= 0.6 is 12.2 Å². The number of hydrogen-bond acceptors (Lipinski definition) is 11. The van der Waals surface area contributed by atoms with E-state index in [1.165, 1.54) is 32.4 Å². The molecule has 1 aliphatic rings. The fourth-order valence-electron chi connectivity index (χ4n) is 4.09. The van der Waals surface area contributed by atoms with Gasteiger partial charge in [0, 0.05) is 34.7 Å². The zero-order valence-electron chi connectivity index (χ0n) is 22.5. The van der Waals surface area contributed by atoms with Gasteiger partial charge in [-0.2, -0.15) is 5.10 Å². The lowest BCUT2D eigenvalue weighted by atomic mass is 9.95. The predicted molar refractivity (Wildman–Crippen MR) is 137 cm³/mol. The number of nitrogens with one attached hydrogen (secondary N) is 1. The number of amides is 1. The molecule has 1 aromatic heterocycles. The number of aryl methyl sites for hydroxylation is 1. The molecule has 1 N–H and O–H groups in total. The SMILES string of the molecule is CC(=O)N[C@@H]1[C@@H](OC(C)=O)[C@H](OC(C)=O)[C@@H](COC(C)=O)O[C@H]1n1nc(COc2ccc(C)cc2)n(C)c1=S. The summed E-state index contributed by atoms with van der Waals surface area (Å²) < 4.78 is 31.3. The highest BCUT2D eigenvalue weighted by atomic mass is 32.1. The van der Waals surface area contributed by atoms with Gasteiger partial charge in [-0.3, -0.25) is 19.2 Å². The van der Waals surface area contributed by atoms with Crippen LogP contribution in [0.2, 0.25) is 0 Å². The molecule has 1 aliphatic heterocycles. The van der Waals surface area contributed by atoms with Crippen molar-refractivity contribution in [3.8, 4) is 5.75 Å². The maximum atomic E-state index is 12.2. The number of benzene rings is 1. The van der Waals surface area contributed by atoms with E-state index < -0.39 is 54.4 Å². The van der Waals surface area contributed by atoms with Gasteiger partial charge in [0.05, 0.1) is 0 Å². The molecule has 0 saturated carbocycles. The Balaban J connectivity index is 2.03. The van der Waals surface area contributed by atoms with E-state index in [4.69, 9.17) is 35.9 Å². The zero-order chi connectivity index (χ0) is 28.9. The molecular formula is C25H32N4O9S. The van der Waals surface area contributed by atoms with Crippen molar-refractivity contribution in [3.63, 3.8) is 0 Å². The van der Waals surface area contributed by atoms with Crippen molar-refractivity contribution >= 4 is 36.0 Å². The van der Waals surface area contributed by atoms with Gasteiger partial charge in [-0.25, -0.2) is 4.68 Å². The van der Waals surface area contributed by atoms with Crippen LogP contribution < -0.4 is 10.1 Å². The smallest absolute Gasteiger partial charge is 0.303 e. The first-order valence-electron chi connectivity index (χ1n) is 12.1. The van der Waals surface area contributed by atoms with E-state index in [0.717, 1.165) is 5.56 Å². The number of aromatic nitrogens is 3. The lowest BCUT2D eigenvalue weighted by molar-refractivity contribution is -0.239. The summed E-state index contributed by atoms with van der Waals surface area (Å²) in [5, 5.41) is 7.28. The molecule has 0 radical (unpaired) electrons. The molecule has 212 valence electrons. The minimum atomic E-state index is -1.23. The second-order valence-electron chi connectivity index (χ2n) is 9.05. The monoisotopic (exact) mass is 564 g/mol. The minimum Gasteiger partial charge on any atom is -0.486 e. The first kappa shape index (κ1) is 29.8. The molecule has 1 aromatic carbocycles. The molecule has 2 aromatic rings. The molecule has 39 heavy (non-hydrogen) atoms. The molecule has 3 rings (SSSR count). The third-order valence-electron chi connectivity index (χ3n) is 5.81. The molecule has 0 aliphatic carbocycles. The Morgan fingerprint density at radius 3 is 2.18 bits per heavy atom. The van der Waals surface area contributed by atoms with Crippen molar-refractivity contribution in [2.24, 2.45) is 7.05 Å². The van der Waals surface area contributed by atoms with Gasteiger partial charge in [-0.1, -0.05) is 17.7 Å². The first-order chi connectivity index (χ1) is 18.4. The Labute approximate surface area is 230 Å². The van der Waals surface area contributed by atoms with Crippen molar-refractivity contribution in [2.75, 3.05) is 6.61 Å². The largest absolute Gasteiger partial charge is 0.486 e. The highest BCUT2D eigenvalue weighted by molar-refractivity contribution is 7.71. The highest BCUT2D eigenvalue weighted by Gasteiger charge is 2.52. The highest BCUT2D eigenvalue weighted by Crippen LogP contribution is 2.33. The number of carbonyl (C=O) groups excluding carboxylic acids is 4. The first-order valence-corrected chi connectivity index (χ1v) is 12.5. The Hall–Kier alpha value is -3.78. The van der Waals surface area contributed by atoms with Gasteiger partial charge < -0.3 is 33.6 Å². The van der Waals surface area contributed by atoms with Crippen molar-refractivity contribution in [1.29, 1.82) is 0 Å². The van der Waals surface area contributed by atoms with E-state index in [2.05, 4.69) is 10.4 Å². The van der Waals surface area contributed by atoms with Crippen LogP contribution in [-0.4, -0.2) is 69.1 Å². The predicted octanol–water partition coefficient (Wildman–Crippen LogP) is 1.67. The van der Waals surface area contributed by atoms with Gasteiger partial charge >= 0.3 is 17.9 Å². The number of hydrogen-bond donors (Lipinski definition) is 1. The van der Waals surface area contributed by atoms with Crippen LogP contribution in [-0.2, 0) is 51.8 Å². The van der Waals surface area contributed by atoms with Crippen LogP contribution in [0.1, 0.15) is 45.3 Å². The Morgan fingerprint density at radius 2 is 1.62 bits per heavy atom. The van der Waals surface area contributed by atoms with E-state index in [-0.39, 0.29) is 18.0 Å². The summed E-state index contributed by atoms with van der Waals surface area (Å²) in [6.45, 7) is 6.52. The Bertz CT molecular complexity index is 1270. The molecule has 0 unspecified atom stereocenters. The molecule has 14 heteroatoms. The van der Waals surface area contributed by atoms with E-state index in [9.17, 15) is 19.2 Å². The number of rotatable bonds is 9. The maximum Gasteiger partial charge on any atom is 0.303 e. The molecule has 1 saturated heterocycles. The number of carbonyl (C=O) groups is 4. The van der Waals surface area contributed by atoms with Crippen molar-refractivity contribution in [1.82, 2.24) is 19.7 Å². The van der Waals surface area contributed by atoms with Crippen molar-refractivity contribution in [2.45, 2.75) is 71.8 Å².